The third-order valence-corrected chi connectivity index (χ3v) is 4.78. The van der Waals surface area contributed by atoms with Crippen LogP contribution in [0.3, 0.4) is 0 Å². The van der Waals surface area contributed by atoms with Gasteiger partial charge in [-0.25, -0.2) is 0 Å². The van der Waals surface area contributed by atoms with Crippen LogP contribution in [-0.2, 0) is 17.4 Å². The number of aromatic nitrogens is 2. The Kier molecular flexibility index (Phi) is 5.43. The maximum atomic E-state index is 12.6. The van der Waals surface area contributed by atoms with E-state index >= 15 is 0 Å². The molecule has 2 aromatic carbocycles. The third kappa shape index (κ3) is 4.61. The van der Waals surface area contributed by atoms with Crippen molar-refractivity contribution in [1.82, 2.24) is 15.0 Å². The van der Waals surface area contributed by atoms with Crippen molar-refractivity contribution in [1.29, 1.82) is 0 Å². The second-order valence-electron chi connectivity index (χ2n) is 6.98. The molecule has 0 spiro atoms. The lowest BCUT2D eigenvalue weighted by atomic mass is 10.1. The highest BCUT2D eigenvalue weighted by molar-refractivity contribution is 5.79. The Morgan fingerprint density at radius 1 is 1.13 bits per heavy atom. The summed E-state index contributed by atoms with van der Waals surface area (Å²) < 4.78 is 47.9. The molecule has 0 saturated carbocycles. The third-order valence-electron chi connectivity index (χ3n) is 4.78. The van der Waals surface area contributed by atoms with Crippen LogP contribution in [0.1, 0.15) is 17.9 Å². The number of hydrogen-bond acceptors (Lipinski definition) is 5. The Morgan fingerprint density at radius 3 is 2.53 bits per heavy atom. The van der Waals surface area contributed by atoms with Crippen molar-refractivity contribution in [2.24, 2.45) is 0 Å². The number of rotatable bonds is 5. The molecule has 30 heavy (non-hydrogen) atoms. The van der Waals surface area contributed by atoms with Crippen LogP contribution >= 0.6 is 0 Å². The molecular weight excluding hydrogens is 399 g/mol. The van der Waals surface area contributed by atoms with Gasteiger partial charge in [-0.2, -0.15) is 18.2 Å². The van der Waals surface area contributed by atoms with E-state index in [2.05, 4.69) is 14.7 Å². The van der Waals surface area contributed by atoms with Crippen molar-refractivity contribution in [2.75, 3.05) is 13.1 Å². The zero-order valence-electron chi connectivity index (χ0n) is 15.8. The molecule has 1 atom stereocenters. The van der Waals surface area contributed by atoms with Crippen molar-refractivity contribution in [3.63, 3.8) is 0 Å². The van der Waals surface area contributed by atoms with E-state index in [1.165, 1.54) is 0 Å². The van der Waals surface area contributed by atoms with Crippen LogP contribution in [0.5, 0.6) is 5.75 Å². The molecule has 156 valence electrons. The molecule has 1 unspecified atom stereocenters. The Bertz CT molecular complexity index is 1000. The number of ether oxygens (including phenoxy) is 1. The van der Waals surface area contributed by atoms with Gasteiger partial charge >= 0.3 is 12.1 Å². The number of halogens is 3. The molecule has 4 rings (SSSR count). The summed E-state index contributed by atoms with van der Waals surface area (Å²) in [6.07, 6.45) is -3.76. The van der Waals surface area contributed by atoms with Gasteiger partial charge in [0.05, 0.1) is 13.0 Å². The zero-order valence-corrected chi connectivity index (χ0v) is 15.8. The first-order chi connectivity index (χ1) is 14.4. The Hall–Kier alpha value is -3.36. The monoisotopic (exact) mass is 417 g/mol. The zero-order chi connectivity index (χ0) is 21.1. The largest absolute Gasteiger partial charge is 0.489 e. The predicted octanol–water partition coefficient (Wildman–Crippen LogP) is 3.98. The first-order valence-electron chi connectivity index (χ1n) is 9.38. The summed E-state index contributed by atoms with van der Waals surface area (Å²) in [5, 5.41) is 3.36. The summed E-state index contributed by atoms with van der Waals surface area (Å²) in [6.45, 7) is 1.12. The number of likely N-dealkylation sites (tertiary alicyclic amines) is 1. The van der Waals surface area contributed by atoms with Gasteiger partial charge in [-0.05, 0) is 29.8 Å². The van der Waals surface area contributed by atoms with Crippen LogP contribution < -0.4 is 4.74 Å². The minimum atomic E-state index is -4.68. The summed E-state index contributed by atoms with van der Waals surface area (Å²) in [4.78, 5) is 17.6. The average Bonchev–Trinajstić information content (AvgIpc) is 3.39. The lowest BCUT2D eigenvalue weighted by Gasteiger charge is -2.17. The number of carbonyl (C=O) groups excluding carboxylic acids is 1. The highest BCUT2D eigenvalue weighted by Crippen LogP contribution is 2.30. The summed E-state index contributed by atoms with van der Waals surface area (Å²) in [7, 11) is 0. The van der Waals surface area contributed by atoms with Crippen molar-refractivity contribution < 1.29 is 27.2 Å². The van der Waals surface area contributed by atoms with E-state index in [-0.39, 0.29) is 17.8 Å². The van der Waals surface area contributed by atoms with Crippen LogP contribution in [0.4, 0.5) is 13.2 Å². The molecule has 0 aliphatic carbocycles. The Labute approximate surface area is 170 Å². The fourth-order valence-corrected chi connectivity index (χ4v) is 3.26. The first kappa shape index (κ1) is 19.9. The van der Waals surface area contributed by atoms with E-state index in [1.54, 1.807) is 29.2 Å². The fourth-order valence-electron chi connectivity index (χ4n) is 3.26. The van der Waals surface area contributed by atoms with Crippen molar-refractivity contribution >= 4 is 5.91 Å². The standard InChI is InChI=1S/C21H18F3N3O3/c22-21(23,24)20-25-19(26-30-20)15-6-8-16(9-7-15)29-17-10-11-27(13-17)18(28)12-14-4-2-1-3-5-14/h1-9,17H,10-13H2. The molecule has 0 radical (unpaired) electrons. The fraction of sp³-hybridized carbons (Fsp3) is 0.286. The second kappa shape index (κ2) is 8.17. The first-order valence-corrected chi connectivity index (χ1v) is 9.38. The number of nitrogens with zero attached hydrogens (tertiary/aromatic N) is 3. The van der Waals surface area contributed by atoms with Gasteiger partial charge in [0.1, 0.15) is 11.9 Å². The summed E-state index contributed by atoms with van der Waals surface area (Å²) in [5.41, 5.74) is 1.35. The van der Waals surface area contributed by atoms with Gasteiger partial charge in [0, 0.05) is 18.5 Å². The van der Waals surface area contributed by atoms with Crippen LogP contribution in [0.15, 0.2) is 59.1 Å². The summed E-state index contributed by atoms with van der Waals surface area (Å²) in [5.74, 6) is -0.919. The lowest BCUT2D eigenvalue weighted by molar-refractivity contribution is -0.159. The molecule has 0 N–H and O–H groups in total. The highest BCUT2D eigenvalue weighted by atomic mass is 19.4. The smallest absolute Gasteiger partial charge is 0.471 e. The molecule has 2 heterocycles. The van der Waals surface area contributed by atoms with Gasteiger partial charge < -0.3 is 14.2 Å². The minimum absolute atomic E-state index is 0.0558. The van der Waals surface area contributed by atoms with Gasteiger partial charge in [-0.1, -0.05) is 35.5 Å². The van der Waals surface area contributed by atoms with E-state index in [9.17, 15) is 18.0 Å². The number of amides is 1. The maximum Gasteiger partial charge on any atom is 0.471 e. The van der Waals surface area contributed by atoms with Crippen LogP contribution in [0, 0.1) is 0 Å². The average molecular weight is 417 g/mol. The Balaban J connectivity index is 1.33. The van der Waals surface area contributed by atoms with Crippen molar-refractivity contribution in [2.45, 2.75) is 25.1 Å². The number of hydrogen-bond donors (Lipinski definition) is 0. The van der Waals surface area contributed by atoms with Gasteiger partial charge in [0.2, 0.25) is 11.7 Å². The summed E-state index contributed by atoms with van der Waals surface area (Å²) in [6, 6.07) is 16.0. The molecule has 1 aromatic heterocycles. The van der Waals surface area contributed by atoms with E-state index in [4.69, 9.17) is 4.74 Å². The molecule has 3 aromatic rings. The van der Waals surface area contributed by atoms with E-state index in [1.807, 2.05) is 30.3 Å². The number of benzene rings is 2. The molecule has 1 saturated heterocycles. The quantitative estimate of drug-likeness (QED) is 0.628. The molecule has 6 nitrogen and oxygen atoms in total. The van der Waals surface area contributed by atoms with E-state index in [0.29, 0.717) is 37.2 Å². The van der Waals surface area contributed by atoms with Crippen LogP contribution in [0.2, 0.25) is 0 Å². The second-order valence-corrected chi connectivity index (χ2v) is 6.98. The molecule has 0 bridgehead atoms. The van der Waals surface area contributed by atoms with Gasteiger partial charge in [0.25, 0.3) is 0 Å². The maximum absolute atomic E-state index is 12.6. The van der Waals surface area contributed by atoms with Gasteiger partial charge in [-0.15, -0.1) is 0 Å². The summed E-state index contributed by atoms with van der Waals surface area (Å²) >= 11 is 0. The lowest BCUT2D eigenvalue weighted by Crippen LogP contribution is -2.32. The topological polar surface area (TPSA) is 68.5 Å². The van der Waals surface area contributed by atoms with Crippen molar-refractivity contribution in [3.05, 3.63) is 66.1 Å². The van der Waals surface area contributed by atoms with E-state index < -0.39 is 12.1 Å². The molecule has 1 aliphatic heterocycles. The van der Waals surface area contributed by atoms with Crippen LogP contribution in [-0.4, -0.2) is 40.1 Å². The predicted molar refractivity (Wildman–Crippen MR) is 100 cm³/mol. The molecule has 1 amide bonds. The van der Waals surface area contributed by atoms with Crippen molar-refractivity contribution in [3.8, 4) is 17.1 Å². The van der Waals surface area contributed by atoms with Crippen LogP contribution in [0.25, 0.3) is 11.4 Å². The Morgan fingerprint density at radius 2 is 1.87 bits per heavy atom. The number of carbonyl (C=O) groups is 1. The molecule has 1 aliphatic rings. The highest BCUT2D eigenvalue weighted by Gasteiger charge is 2.38. The van der Waals surface area contributed by atoms with E-state index in [0.717, 1.165) is 5.56 Å². The molecule has 1 fully saturated rings. The molecule has 9 heteroatoms. The van der Waals surface area contributed by atoms with Gasteiger partial charge in [-0.3, -0.25) is 4.79 Å². The SMILES string of the molecule is O=C(Cc1ccccc1)N1CCC(Oc2ccc(-c3noc(C(F)(F)F)n3)cc2)C1. The minimum Gasteiger partial charge on any atom is -0.489 e. The molecular formula is C21H18F3N3O3. The van der Waals surface area contributed by atoms with Gasteiger partial charge in [0.15, 0.2) is 0 Å². The number of alkyl halides is 3. The normalized spacial score (nSPS) is 16.6.